The first-order chi connectivity index (χ1) is 6.72. The van der Waals surface area contributed by atoms with Crippen LogP contribution < -0.4 is 10.5 Å². The van der Waals surface area contributed by atoms with Gasteiger partial charge in [-0.15, -0.1) is 6.58 Å². The molecule has 0 aromatic heterocycles. The van der Waals surface area contributed by atoms with Gasteiger partial charge in [0.2, 0.25) is 0 Å². The zero-order chi connectivity index (χ0) is 10.1. The molecule has 0 radical (unpaired) electrons. The molecule has 1 aromatic rings. The molecule has 0 fully saturated rings. The van der Waals surface area contributed by atoms with E-state index in [4.69, 9.17) is 10.5 Å². The molecule has 0 bridgehead atoms. The summed E-state index contributed by atoms with van der Waals surface area (Å²) in [7, 11) is 0. The van der Waals surface area contributed by atoms with Crippen LogP contribution in [-0.2, 0) is 6.42 Å². The number of hydrogen-bond donors (Lipinski definition) is 1. The maximum atomic E-state index is 13.4. The SMILES string of the molecule is C=C[C@H](N)c1cc(F)c2c(c1)CCO2. The summed E-state index contributed by atoms with van der Waals surface area (Å²) in [5.41, 5.74) is 7.38. The molecule has 3 heteroatoms. The third-order valence-corrected chi connectivity index (χ3v) is 2.40. The maximum Gasteiger partial charge on any atom is 0.165 e. The third-order valence-electron chi connectivity index (χ3n) is 2.40. The minimum Gasteiger partial charge on any atom is -0.490 e. The lowest BCUT2D eigenvalue weighted by molar-refractivity contribution is 0.339. The molecule has 0 aliphatic carbocycles. The van der Waals surface area contributed by atoms with Crippen molar-refractivity contribution < 1.29 is 9.13 Å². The Labute approximate surface area is 82.2 Å². The fourth-order valence-corrected chi connectivity index (χ4v) is 1.61. The van der Waals surface area contributed by atoms with Crippen LogP contribution in [0.2, 0.25) is 0 Å². The minimum atomic E-state index is -0.327. The number of nitrogens with two attached hydrogens (primary N) is 1. The second-order valence-electron chi connectivity index (χ2n) is 3.35. The van der Waals surface area contributed by atoms with Crippen LogP contribution in [0.25, 0.3) is 0 Å². The highest BCUT2D eigenvalue weighted by Crippen LogP contribution is 2.31. The van der Waals surface area contributed by atoms with Crippen molar-refractivity contribution >= 4 is 0 Å². The monoisotopic (exact) mass is 193 g/mol. The van der Waals surface area contributed by atoms with Crippen molar-refractivity contribution in [2.45, 2.75) is 12.5 Å². The predicted octanol–water partition coefficient (Wildman–Crippen LogP) is 1.95. The van der Waals surface area contributed by atoms with Crippen molar-refractivity contribution in [3.05, 3.63) is 41.7 Å². The quantitative estimate of drug-likeness (QED) is 0.728. The first kappa shape index (κ1) is 9.21. The third kappa shape index (κ3) is 1.40. The number of benzene rings is 1. The van der Waals surface area contributed by atoms with Gasteiger partial charge in [0.15, 0.2) is 11.6 Å². The molecular weight excluding hydrogens is 181 g/mol. The van der Waals surface area contributed by atoms with E-state index in [2.05, 4.69) is 6.58 Å². The number of hydrogen-bond acceptors (Lipinski definition) is 2. The van der Waals surface area contributed by atoms with Crippen molar-refractivity contribution in [2.75, 3.05) is 6.61 Å². The van der Waals surface area contributed by atoms with Gasteiger partial charge in [0.1, 0.15) is 0 Å². The van der Waals surface area contributed by atoms with E-state index in [1.807, 2.05) is 6.07 Å². The summed E-state index contributed by atoms with van der Waals surface area (Å²) in [6.45, 7) is 4.14. The first-order valence-electron chi connectivity index (χ1n) is 4.55. The number of halogens is 1. The molecule has 1 atom stereocenters. The molecule has 0 unspecified atom stereocenters. The highest BCUT2D eigenvalue weighted by molar-refractivity contribution is 5.42. The van der Waals surface area contributed by atoms with Crippen LogP contribution in [0.5, 0.6) is 5.75 Å². The molecule has 1 heterocycles. The summed E-state index contributed by atoms with van der Waals surface area (Å²) in [6, 6.07) is 2.99. The average Bonchev–Trinajstić information content (AvgIpc) is 2.64. The predicted molar refractivity (Wildman–Crippen MR) is 52.7 cm³/mol. The molecule has 0 amide bonds. The second kappa shape index (κ2) is 3.42. The van der Waals surface area contributed by atoms with E-state index in [0.29, 0.717) is 12.4 Å². The Hall–Kier alpha value is -1.35. The maximum absolute atomic E-state index is 13.4. The fraction of sp³-hybridized carbons (Fsp3) is 0.273. The first-order valence-corrected chi connectivity index (χ1v) is 4.55. The largest absolute Gasteiger partial charge is 0.490 e. The second-order valence-corrected chi connectivity index (χ2v) is 3.35. The lowest BCUT2D eigenvalue weighted by atomic mass is 10.0. The highest BCUT2D eigenvalue weighted by atomic mass is 19.1. The van der Waals surface area contributed by atoms with E-state index in [-0.39, 0.29) is 11.9 Å². The average molecular weight is 193 g/mol. The Kier molecular flexibility index (Phi) is 2.25. The molecule has 14 heavy (non-hydrogen) atoms. The van der Waals surface area contributed by atoms with Crippen molar-refractivity contribution in [3.8, 4) is 5.75 Å². The number of fused-ring (bicyclic) bond motifs is 1. The number of rotatable bonds is 2. The van der Waals surface area contributed by atoms with Gasteiger partial charge in [-0.05, 0) is 17.7 Å². The zero-order valence-electron chi connectivity index (χ0n) is 7.79. The molecule has 2 nitrogen and oxygen atoms in total. The van der Waals surface area contributed by atoms with Crippen molar-refractivity contribution in [1.82, 2.24) is 0 Å². The van der Waals surface area contributed by atoms with Crippen LogP contribution in [0, 0.1) is 5.82 Å². The summed E-state index contributed by atoms with van der Waals surface area (Å²) in [5, 5.41) is 0. The van der Waals surface area contributed by atoms with Gasteiger partial charge in [0.25, 0.3) is 0 Å². The molecule has 0 saturated carbocycles. The van der Waals surface area contributed by atoms with Gasteiger partial charge >= 0.3 is 0 Å². The zero-order valence-corrected chi connectivity index (χ0v) is 7.79. The Morgan fingerprint density at radius 1 is 1.57 bits per heavy atom. The Balaban J connectivity index is 2.46. The van der Waals surface area contributed by atoms with E-state index in [0.717, 1.165) is 17.5 Å². The standard InChI is InChI=1S/C11H12FNO/c1-2-10(13)8-5-7-3-4-14-11(7)9(12)6-8/h2,5-6,10H,1,3-4,13H2/t10-/m0/s1. The van der Waals surface area contributed by atoms with Crippen molar-refractivity contribution in [3.63, 3.8) is 0 Å². The Bertz CT molecular complexity index is 376. The van der Waals surface area contributed by atoms with Gasteiger partial charge in [-0.2, -0.15) is 0 Å². The summed E-state index contributed by atoms with van der Waals surface area (Å²) < 4.78 is 18.6. The molecule has 1 aliphatic heterocycles. The van der Waals surface area contributed by atoms with Crippen LogP contribution >= 0.6 is 0 Å². The van der Waals surface area contributed by atoms with Gasteiger partial charge < -0.3 is 10.5 Å². The summed E-state index contributed by atoms with van der Waals surface area (Å²) >= 11 is 0. The highest BCUT2D eigenvalue weighted by Gasteiger charge is 2.18. The van der Waals surface area contributed by atoms with E-state index in [1.165, 1.54) is 6.07 Å². The smallest absolute Gasteiger partial charge is 0.165 e. The summed E-state index contributed by atoms with van der Waals surface area (Å²) in [6.07, 6.45) is 2.35. The van der Waals surface area contributed by atoms with E-state index in [9.17, 15) is 4.39 Å². The van der Waals surface area contributed by atoms with Crippen LogP contribution in [0.3, 0.4) is 0 Å². The van der Waals surface area contributed by atoms with Crippen molar-refractivity contribution in [1.29, 1.82) is 0 Å². The normalized spacial score (nSPS) is 15.9. The van der Waals surface area contributed by atoms with Gasteiger partial charge in [-0.3, -0.25) is 0 Å². The van der Waals surface area contributed by atoms with Gasteiger partial charge in [-0.25, -0.2) is 4.39 Å². The molecule has 0 saturated heterocycles. The van der Waals surface area contributed by atoms with E-state index in [1.54, 1.807) is 6.08 Å². The van der Waals surface area contributed by atoms with Crippen molar-refractivity contribution in [2.24, 2.45) is 5.73 Å². The van der Waals surface area contributed by atoms with Gasteiger partial charge in [0.05, 0.1) is 6.61 Å². The van der Waals surface area contributed by atoms with Gasteiger partial charge in [-0.1, -0.05) is 6.08 Å². The Morgan fingerprint density at radius 2 is 2.36 bits per heavy atom. The minimum absolute atomic E-state index is 0.310. The molecule has 0 spiro atoms. The van der Waals surface area contributed by atoms with Crippen LogP contribution in [0.15, 0.2) is 24.8 Å². The lowest BCUT2D eigenvalue weighted by Crippen LogP contribution is -2.07. The van der Waals surface area contributed by atoms with E-state index >= 15 is 0 Å². The van der Waals surface area contributed by atoms with Gasteiger partial charge in [0, 0.05) is 18.0 Å². The molecule has 1 aromatic carbocycles. The van der Waals surface area contributed by atoms with Crippen LogP contribution in [-0.4, -0.2) is 6.61 Å². The molecule has 2 N–H and O–H groups in total. The molecule has 74 valence electrons. The van der Waals surface area contributed by atoms with Crippen LogP contribution in [0.4, 0.5) is 4.39 Å². The fourth-order valence-electron chi connectivity index (χ4n) is 1.61. The summed E-state index contributed by atoms with van der Waals surface area (Å²) in [5.74, 6) is 0.0531. The molecule has 1 aliphatic rings. The Morgan fingerprint density at radius 3 is 3.07 bits per heavy atom. The molecule has 2 rings (SSSR count). The van der Waals surface area contributed by atoms with Crippen LogP contribution in [0.1, 0.15) is 17.2 Å². The molecular formula is C11H12FNO. The number of ether oxygens (including phenoxy) is 1. The van der Waals surface area contributed by atoms with E-state index < -0.39 is 0 Å². The topological polar surface area (TPSA) is 35.2 Å². The lowest BCUT2D eigenvalue weighted by Gasteiger charge is -2.09. The summed E-state index contributed by atoms with van der Waals surface area (Å²) in [4.78, 5) is 0.